The molecule has 1 aliphatic heterocycles. The first-order chi connectivity index (χ1) is 3.86. The molecule has 0 bridgehead atoms. The summed E-state index contributed by atoms with van der Waals surface area (Å²) in [5.41, 5.74) is 0. The molecule has 0 spiro atoms. The SMILES string of the molecule is O=S1(=O)CC(Cl)(Br)C1Br. The summed E-state index contributed by atoms with van der Waals surface area (Å²) in [7, 11) is -2.93. The molecule has 0 saturated carbocycles. The van der Waals surface area contributed by atoms with Gasteiger partial charge in [-0.05, 0) is 0 Å². The fourth-order valence-electron chi connectivity index (χ4n) is 0.570. The van der Waals surface area contributed by atoms with E-state index < -0.39 is 17.8 Å². The summed E-state index contributed by atoms with van der Waals surface area (Å²) in [6.45, 7) is 0. The highest BCUT2D eigenvalue weighted by Crippen LogP contribution is 2.46. The lowest BCUT2D eigenvalue weighted by Crippen LogP contribution is -2.51. The van der Waals surface area contributed by atoms with E-state index in [1.807, 2.05) is 0 Å². The molecule has 2 nitrogen and oxygen atoms in total. The second kappa shape index (κ2) is 2.09. The van der Waals surface area contributed by atoms with E-state index in [0.717, 1.165) is 0 Å². The average molecular weight is 298 g/mol. The molecular formula is C3H3Br2ClO2S. The monoisotopic (exact) mass is 296 g/mol. The molecule has 1 heterocycles. The zero-order chi connectivity index (χ0) is 7.28. The normalized spacial score (nSPS) is 48.1. The van der Waals surface area contributed by atoms with Crippen molar-refractivity contribution in [3.63, 3.8) is 0 Å². The molecule has 0 amide bonds. The van der Waals surface area contributed by atoms with Crippen LogP contribution in [0.15, 0.2) is 0 Å². The third-order valence-corrected chi connectivity index (χ3v) is 8.35. The summed E-state index contributed by atoms with van der Waals surface area (Å²) in [5, 5.41) is 0. The lowest BCUT2D eigenvalue weighted by molar-refractivity contribution is 0.573. The highest BCUT2D eigenvalue weighted by molar-refractivity contribution is 9.14. The summed E-state index contributed by atoms with van der Waals surface area (Å²) in [6, 6.07) is 0. The Morgan fingerprint density at radius 2 is 2.11 bits per heavy atom. The standard InChI is InChI=1S/C3H3Br2ClO2S/c4-2-3(5,6)1-9(2,7)8/h2H,1H2. The summed E-state index contributed by atoms with van der Waals surface area (Å²) >= 11 is 11.6. The Morgan fingerprint density at radius 1 is 1.67 bits per heavy atom. The van der Waals surface area contributed by atoms with Gasteiger partial charge in [0.1, 0.15) is 7.94 Å². The number of hydrogen-bond acceptors (Lipinski definition) is 2. The van der Waals surface area contributed by atoms with E-state index in [1.54, 1.807) is 0 Å². The summed E-state index contributed by atoms with van der Waals surface area (Å²) in [5.74, 6) is -0.00251. The largest absolute Gasteiger partial charge is 0.227 e. The fourth-order valence-corrected chi connectivity index (χ4v) is 5.18. The first-order valence-electron chi connectivity index (χ1n) is 2.10. The van der Waals surface area contributed by atoms with Gasteiger partial charge in [-0.25, -0.2) is 8.42 Å². The lowest BCUT2D eigenvalue weighted by Gasteiger charge is -2.35. The Morgan fingerprint density at radius 3 is 2.11 bits per heavy atom. The maximum Gasteiger partial charge on any atom is 0.168 e. The molecule has 1 fully saturated rings. The van der Waals surface area contributed by atoms with Gasteiger partial charge in [-0.3, -0.25) is 0 Å². The van der Waals surface area contributed by atoms with Gasteiger partial charge in [0.15, 0.2) is 9.84 Å². The maximum atomic E-state index is 10.7. The van der Waals surface area contributed by atoms with Crippen LogP contribution in [0.3, 0.4) is 0 Å². The van der Waals surface area contributed by atoms with Gasteiger partial charge in [-0.2, -0.15) is 0 Å². The molecule has 1 rings (SSSR count). The zero-order valence-electron chi connectivity index (χ0n) is 4.14. The minimum atomic E-state index is -2.93. The number of rotatable bonds is 0. The van der Waals surface area contributed by atoms with E-state index in [1.165, 1.54) is 0 Å². The minimum Gasteiger partial charge on any atom is -0.227 e. The lowest BCUT2D eigenvalue weighted by atomic mass is 10.5. The van der Waals surface area contributed by atoms with Crippen molar-refractivity contribution in [1.29, 1.82) is 0 Å². The summed E-state index contributed by atoms with van der Waals surface area (Å²) < 4.78 is 19.9. The Hall–Kier alpha value is 1.20. The van der Waals surface area contributed by atoms with Gasteiger partial charge < -0.3 is 0 Å². The molecule has 54 valence electrons. The molecule has 2 unspecified atom stereocenters. The van der Waals surface area contributed by atoms with Gasteiger partial charge >= 0.3 is 0 Å². The van der Waals surface area contributed by atoms with Crippen LogP contribution in [0.25, 0.3) is 0 Å². The van der Waals surface area contributed by atoms with E-state index in [2.05, 4.69) is 31.9 Å². The highest BCUT2D eigenvalue weighted by Gasteiger charge is 2.55. The molecular weight excluding hydrogens is 295 g/mol. The Labute approximate surface area is 75.1 Å². The second-order valence-electron chi connectivity index (χ2n) is 1.88. The van der Waals surface area contributed by atoms with Crippen molar-refractivity contribution in [1.82, 2.24) is 0 Å². The smallest absolute Gasteiger partial charge is 0.168 e. The summed E-state index contributed by atoms with van der Waals surface area (Å²) in [6.07, 6.45) is 0. The van der Waals surface area contributed by atoms with Crippen molar-refractivity contribution < 1.29 is 8.42 Å². The molecule has 0 aliphatic carbocycles. The molecule has 0 radical (unpaired) electrons. The van der Waals surface area contributed by atoms with Gasteiger partial charge in [0.05, 0.1) is 5.75 Å². The average Bonchev–Trinajstić information content (AvgIpc) is 1.63. The van der Waals surface area contributed by atoms with E-state index in [9.17, 15) is 8.42 Å². The molecule has 0 aromatic carbocycles. The molecule has 2 atom stereocenters. The molecule has 0 aromatic rings. The van der Waals surface area contributed by atoms with Crippen LogP contribution in [0.1, 0.15) is 0 Å². The van der Waals surface area contributed by atoms with Crippen molar-refractivity contribution in [3.8, 4) is 0 Å². The van der Waals surface area contributed by atoms with Crippen LogP contribution in [-0.2, 0) is 9.84 Å². The van der Waals surface area contributed by atoms with Crippen LogP contribution in [0, 0.1) is 0 Å². The van der Waals surface area contributed by atoms with Gasteiger partial charge in [0, 0.05) is 0 Å². The maximum absolute atomic E-state index is 10.7. The van der Waals surface area contributed by atoms with Crippen molar-refractivity contribution in [2.45, 2.75) is 7.94 Å². The number of halogens is 3. The molecule has 9 heavy (non-hydrogen) atoms. The first-order valence-corrected chi connectivity index (χ1v) is 5.90. The van der Waals surface area contributed by atoms with Crippen LogP contribution in [0.5, 0.6) is 0 Å². The highest BCUT2D eigenvalue weighted by atomic mass is 79.9. The minimum absolute atomic E-state index is 0.00251. The zero-order valence-corrected chi connectivity index (χ0v) is 8.89. The third-order valence-electron chi connectivity index (χ3n) is 1.04. The van der Waals surface area contributed by atoms with Gasteiger partial charge in [0.2, 0.25) is 0 Å². The van der Waals surface area contributed by atoms with E-state index >= 15 is 0 Å². The Kier molecular flexibility index (Phi) is 1.93. The van der Waals surface area contributed by atoms with Crippen LogP contribution in [-0.4, -0.2) is 22.1 Å². The predicted molar refractivity (Wildman–Crippen MR) is 44.0 cm³/mol. The molecule has 0 aromatic heterocycles. The van der Waals surface area contributed by atoms with Crippen LogP contribution < -0.4 is 0 Å². The molecule has 1 saturated heterocycles. The van der Waals surface area contributed by atoms with Gasteiger partial charge in [0.25, 0.3) is 0 Å². The first kappa shape index (κ1) is 8.30. The van der Waals surface area contributed by atoms with Gasteiger partial charge in [-0.15, -0.1) is 11.6 Å². The van der Waals surface area contributed by atoms with Crippen LogP contribution in [0.4, 0.5) is 0 Å². The van der Waals surface area contributed by atoms with E-state index in [4.69, 9.17) is 11.6 Å². The van der Waals surface area contributed by atoms with Gasteiger partial charge in [-0.1, -0.05) is 31.9 Å². The fraction of sp³-hybridized carbons (Fsp3) is 1.00. The molecule has 0 N–H and O–H groups in total. The quantitative estimate of drug-likeness (QED) is 0.635. The van der Waals surface area contributed by atoms with Crippen molar-refractivity contribution in [3.05, 3.63) is 0 Å². The van der Waals surface area contributed by atoms with Crippen LogP contribution >= 0.6 is 43.5 Å². The Balaban J connectivity index is 2.86. The van der Waals surface area contributed by atoms with E-state index in [-0.39, 0.29) is 5.75 Å². The number of hydrogen-bond donors (Lipinski definition) is 0. The van der Waals surface area contributed by atoms with E-state index in [0.29, 0.717) is 0 Å². The summed E-state index contributed by atoms with van der Waals surface area (Å²) in [4.78, 5) is 0. The van der Waals surface area contributed by atoms with Crippen molar-refractivity contribution in [2.75, 3.05) is 5.75 Å². The van der Waals surface area contributed by atoms with Crippen molar-refractivity contribution >= 4 is 53.3 Å². The topological polar surface area (TPSA) is 34.1 Å². The van der Waals surface area contributed by atoms with Crippen LogP contribution in [0.2, 0.25) is 0 Å². The second-order valence-corrected chi connectivity index (χ2v) is 8.04. The number of sulfone groups is 1. The Bertz CT molecular complexity index is 222. The molecule has 6 heteroatoms. The third kappa shape index (κ3) is 1.29. The number of alkyl halides is 3. The molecule has 1 aliphatic rings. The predicted octanol–water partition coefficient (Wildman–Crippen LogP) is 1.47. The van der Waals surface area contributed by atoms with Crippen molar-refractivity contribution in [2.24, 2.45) is 0 Å².